The minimum atomic E-state index is 0. The molecule has 0 N–H and O–H groups in total. The van der Waals surface area contributed by atoms with Crippen molar-refractivity contribution in [3.8, 4) is 0 Å². The van der Waals surface area contributed by atoms with Crippen molar-refractivity contribution >= 4 is 0 Å². The minimum absolute atomic E-state index is 0. The first-order valence-corrected chi connectivity index (χ1v) is 9.85. The molecule has 0 spiro atoms. The van der Waals surface area contributed by atoms with E-state index in [-0.39, 0.29) is 7.43 Å². The molecule has 0 aromatic heterocycles. The average molecular weight is 363 g/mol. The second-order valence-electron chi connectivity index (χ2n) is 5.99. The van der Waals surface area contributed by atoms with Gasteiger partial charge in [-0.05, 0) is 54.1 Å². The topological polar surface area (TPSA) is 0 Å². The van der Waals surface area contributed by atoms with Crippen LogP contribution >= 0.6 is 0 Å². The molecule has 1 unspecified atom stereocenters. The summed E-state index contributed by atoms with van der Waals surface area (Å²) in [7, 11) is 0. The van der Waals surface area contributed by atoms with E-state index >= 15 is 0 Å². The molecule has 1 atom stereocenters. The maximum atomic E-state index is 3.84. The van der Waals surface area contributed by atoms with Crippen molar-refractivity contribution in [3.63, 3.8) is 0 Å². The molecule has 0 aromatic carbocycles. The van der Waals surface area contributed by atoms with Crippen LogP contribution in [0, 0.1) is 5.92 Å². The standard InChI is InChI=1S/C24H28.C2H6.CH4/c1-5-9-16-21-20(14-8-4)23-18-12-11-15-19(13-7-3)24(23)22(21)17-10-6-2;1-2;/h5-6,8-11,13-17,23H,1-2,7,12,18H2,3-4H3;1-2H3;1H4/b14-8-,16-9-,17-10-,19-13-;;. The van der Waals surface area contributed by atoms with Gasteiger partial charge in [0.05, 0.1) is 0 Å². The second-order valence-corrected chi connectivity index (χ2v) is 5.99. The Labute approximate surface area is 168 Å². The molecule has 0 aliphatic heterocycles. The first-order valence-electron chi connectivity index (χ1n) is 9.85. The highest BCUT2D eigenvalue weighted by molar-refractivity contribution is 5.68. The third-order valence-corrected chi connectivity index (χ3v) is 4.41. The second kappa shape index (κ2) is 13.8. The maximum Gasteiger partial charge on any atom is 0.0110 e. The summed E-state index contributed by atoms with van der Waals surface area (Å²) in [5.74, 6) is 0.461. The fourth-order valence-electron chi connectivity index (χ4n) is 3.53. The molecule has 0 saturated carbocycles. The lowest BCUT2D eigenvalue weighted by atomic mass is 9.87. The smallest absolute Gasteiger partial charge is 0.0110 e. The normalized spacial score (nSPS) is 20.7. The average Bonchev–Trinajstić information content (AvgIpc) is 2.80. The van der Waals surface area contributed by atoms with Crippen LogP contribution < -0.4 is 0 Å². The Balaban J connectivity index is 0.00000218. The highest BCUT2D eigenvalue weighted by Crippen LogP contribution is 2.46. The van der Waals surface area contributed by atoms with E-state index in [2.05, 4.69) is 69.5 Å². The lowest BCUT2D eigenvalue weighted by Crippen LogP contribution is -2.03. The van der Waals surface area contributed by atoms with Crippen LogP contribution in [0.3, 0.4) is 0 Å². The minimum Gasteiger partial charge on any atom is -0.0991 e. The number of allylic oxidation sites excluding steroid dienone is 16. The van der Waals surface area contributed by atoms with E-state index in [1.54, 1.807) is 0 Å². The Morgan fingerprint density at radius 2 is 1.67 bits per heavy atom. The van der Waals surface area contributed by atoms with E-state index in [1.807, 2.05) is 38.2 Å². The van der Waals surface area contributed by atoms with Crippen LogP contribution in [-0.2, 0) is 0 Å². The summed E-state index contributed by atoms with van der Waals surface area (Å²) in [5.41, 5.74) is 6.87. The summed E-state index contributed by atoms with van der Waals surface area (Å²) >= 11 is 0. The summed E-state index contributed by atoms with van der Waals surface area (Å²) in [4.78, 5) is 0. The van der Waals surface area contributed by atoms with Crippen LogP contribution in [0.25, 0.3) is 0 Å². The Morgan fingerprint density at radius 3 is 2.22 bits per heavy atom. The molecule has 2 aliphatic carbocycles. The van der Waals surface area contributed by atoms with Crippen molar-refractivity contribution in [2.45, 2.75) is 54.4 Å². The molecule has 2 aliphatic rings. The highest BCUT2D eigenvalue weighted by Gasteiger charge is 2.31. The molecule has 0 bridgehead atoms. The van der Waals surface area contributed by atoms with Crippen molar-refractivity contribution in [3.05, 3.63) is 108 Å². The van der Waals surface area contributed by atoms with Gasteiger partial charge in [-0.1, -0.05) is 108 Å². The lowest BCUT2D eigenvalue weighted by Gasteiger charge is -2.16. The third-order valence-electron chi connectivity index (χ3n) is 4.41. The summed E-state index contributed by atoms with van der Waals surface area (Å²) in [5, 5.41) is 0. The molecule has 2 rings (SSSR count). The molecule has 0 heterocycles. The zero-order valence-corrected chi connectivity index (χ0v) is 17.0. The molecule has 0 aromatic rings. The van der Waals surface area contributed by atoms with Crippen LogP contribution in [0.2, 0.25) is 0 Å². The van der Waals surface area contributed by atoms with Crippen LogP contribution in [-0.4, -0.2) is 0 Å². The fourth-order valence-corrected chi connectivity index (χ4v) is 3.53. The molecule has 0 heteroatoms. The molecule has 0 nitrogen and oxygen atoms in total. The van der Waals surface area contributed by atoms with Crippen LogP contribution in [0.4, 0.5) is 0 Å². The summed E-state index contributed by atoms with van der Waals surface area (Å²) in [6.45, 7) is 16.0. The molecule has 146 valence electrons. The Kier molecular flexibility index (Phi) is 12.6. The van der Waals surface area contributed by atoms with Gasteiger partial charge in [-0.3, -0.25) is 0 Å². The molecular formula is C27H38. The first kappa shape index (κ1) is 24.7. The summed E-state index contributed by atoms with van der Waals surface area (Å²) < 4.78 is 0. The molecule has 0 radical (unpaired) electrons. The maximum absolute atomic E-state index is 3.84. The Bertz CT molecular complexity index is 696. The predicted molar refractivity (Wildman–Crippen MR) is 126 cm³/mol. The van der Waals surface area contributed by atoms with Crippen LogP contribution in [0.5, 0.6) is 0 Å². The largest absolute Gasteiger partial charge is 0.0991 e. The number of hydrogen-bond acceptors (Lipinski definition) is 0. The first-order chi connectivity index (χ1) is 12.8. The molecule has 0 fully saturated rings. The van der Waals surface area contributed by atoms with Gasteiger partial charge in [0.1, 0.15) is 0 Å². The number of rotatable bonds is 6. The van der Waals surface area contributed by atoms with Gasteiger partial charge in [-0.15, -0.1) is 0 Å². The van der Waals surface area contributed by atoms with Crippen molar-refractivity contribution in [1.29, 1.82) is 0 Å². The van der Waals surface area contributed by atoms with Gasteiger partial charge < -0.3 is 0 Å². The summed E-state index contributed by atoms with van der Waals surface area (Å²) in [6, 6.07) is 0. The molecule has 0 saturated heterocycles. The van der Waals surface area contributed by atoms with E-state index in [0.29, 0.717) is 5.92 Å². The van der Waals surface area contributed by atoms with Crippen molar-refractivity contribution in [2.24, 2.45) is 5.92 Å². The zero-order valence-electron chi connectivity index (χ0n) is 17.0. The van der Waals surface area contributed by atoms with E-state index in [0.717, 1.165) is 19.3 Å². The van der Waals surface area contributed by atoms with E-state index in [4.69, 9.17) is 0 Å². The SMILES string of the molecule is C.C=C/C=C\C1=C(/C=C\C)C2CCC=C/C(=C/CC)C2=C1/C=C\C=C.CC. The zero-order chi connectivity index (χ0) is 19.4. The summed E-state index contributed by atoms with van der Waals surface area (Å²) in [6.07, 6.45) is 26.9. The van der Waals surface area contributed by atoms with E-state index < -0.39 is 0 Å². The van der Waals surface area contributed by atoms with Crippen LogP contribution in [0.1, 0.15) is 54.4 Å². The fraction of sp³-hybridized carbons (Fsp3) is 0.333. The van der Waals surface area contributed by atoms with Gasteiger partial charge in [0.2, 0.25) is 0 Å². The molecule has 27 heavy (non-hydrogen) atoms. The van der Waals surface area contributed by atoms with Crippen molar-refractivity contribution < 1.29 is 0 Å². The molecular weight excluding hydrogens is 324 g/mol. The van der Waals surface area contributed by atoms with Crippen molar-refractivity contribution in [1.82, 2.24) is 0 Å². The van der Waals surface area contributed by atoms with Gasteiger partial charge in [-0.25, -0.2) is 0 Å². The number of hydrogen-bond donors (Lipinski definition) is 0. The predicted octanol–water partition coefficient (Wildman–Crippen LogP) is 8.62. The van der Waals surface area contributed by atoms with Crippen LogP contribution in [0.15, 0.2) is 108 Å². The Hall–Kier alpha value is -2.34. The van der Waals surface area contributed by atoms with E-state index in [9.17, 15) is 0 Å². The quantitative estimate of drug-likeness (QED) is 0.415. The highest BCUT2D eigenvalue weighted by atomic mass is 14.3. The number of fused-ring (bicyclic) bond motifs is 1. The van der Waals surface area contributed by atoms with Gasteiger partial charge in [0, 0.05) is 5.92 Å². The van der Waals surface area contributed by atoms with E-state index in [1.165, 1.54) is 27.9 Å². The van der Waals surface area contributed by atoms with Gasteiger partial charge in [0.15, 0.2) is 0 Å². The van der Waals surface area contributed by atoms with Crippen molar-refractivity contribution in [2.75, 3.05) is 0 Å². The lowest BCUT2D eigenvalue weighted by molar-refractivity contribution is 0.685. The third kappa shape index (κ3) is 6.10. The molecule has 0 amide bonds. The van der Waals surface area contributed by atoms with Gasteiger partial charge in [-0.2, -0.15) is 0 Å². The Morgan fingerprint density at radius 1 is 1.04 bits per heavy atom. The monoisotopic (exact) mass is 362 g/mol. The van der Waals surface area contributed by atoms with Gasteiger partial charge in [0.25, 0.3) is 0 Å². The van der Waals surface area contributed by atoms with Gasteiger partial charge >= 0.3 is 0 Å².